The first-order chi connectivity index (χ1) is 7.26. The highest BCUT2D eigenvalue weighted by atomic mass is 32.1. The van der Waals surface area contributed by atoms with Gasteiger partial charge < -0.3 is 27.7 Å². The van der Waals surface area contributed by atoms with Gasteiger partial charge in [-0.25, -0.2) is 0 Å². The summed E-state index contributed by atoms with van der Waals surface area (Å²) in [7, 11) is 6.14. The summed E-state index contributed by atoms with van der Waals surface area (Å²) in [6.45, 7) is 2.78. The van der Waals surface area contributed by atoms with Gasteiger partial charge in [0.15, 0.2) is 0 Å². The minimum Gasteiger partial charge on any atom is -0.790 e. The summed E-state index contributed by atoms with van der Waals surface area (Å²) >= 11 is 4.81. The molecule has 5 nitrogen and oxygen atoms in total. The van der Waals surface area contributed by atoms with Crippen molar-refractivity contribution in [3.63, 3.8) is 0 Å². The maximum atomic E-state index is 11.6. The SMILES string of the molecule is CC(=O)N[C@H](C[S-])C(=O)NCC[N+](C)(C)C. The molecule has 0 aromatic carbocycles. The average molecular weight is 247 g/mol. The van der Waals surface area contributed by atoms with Crippen LogP contribution in [0.1, 0.15) is 6.92 Å². The van der Waals surface area contributed by atoms with E-state index in [4.69, 9.17) is 12.6 Å². The first kappa shape index (κ1) is 15.2. The quantitative estimate of drug-likeness (QED) is 0.461. The highest BCUT2D eigenvalue weighted by Gasteiger charge is 2.15. The van der Waals surface area contributed by atoms with Crippen molar-refractivity contribution < 1.29 is 14.1 Å². The predicted octanol–water partition coefficient (Wildman–Crippen LogP) is -1.14. The number of rotatable bonds is 6. The molecule has 0 spiro atoms. The summed E-state index contributed by atoms with van der Waals surface area (Å²) < 4.78 is 0.777. The molecule has 0 unspecified atom stereocenters. The van der Waals surface area contributed by atoms with Gasteiger partial charge in [-0.3, -0.25) is 9.59 Å². The minimum absolute atomic E-state index is 0.190. The number of quaternary nitrogens is 1. The van der Waals surface area contributed by atoms with Crippen LogP contribution in [-0.2, 0) is 22.2 Å². The van der Waals surface area contributed by atoms with Gasteiger partial charge in [0.25, 0.3) is 0 Å². The highest BCUT2D eigenvalue weighted by Crippen LogP contribution is 1.88. The Morgan fingerprint density at radius 3 is 2.25 bits per heavy atom. The van der Waals surface area contributed by atoms with Crippen LogP contribution in [0.5, 0.6) is 0 Å². The van der Waals surface area contributed by atoms with Gasteiger partial charge in [-0.15, -0.1) is 5.75 Å². The van der Waals surface area contributed by atoms with Gasteiger partial charge in [0.1, 0.15) is 0 Å². The number of likely N-dealkylation sites (N-methyl/N-ethyl adjacent to an activating group) is 1. The lowest BCUT2D eigenvalue weighted by Gasteiger charge is -2.25. The molecule has 0 aromatic rings. The second-order valence-electron chi connectivity index (χ2n) is 4.72. The summed E-state index contributed by atoms with van der Waals surface area (Å²) in [6, 6.07) is -0.597. The van der Waals surface area contributed by atoms with Crippen molar-refractivity contribution >= 4 is 24.4 Å². The van der Waals surface area contributed by atoms with Crippen molar-refractivity contribution in [3.8, 4) is 0 Å². The summed E-state index contributed by atoms with van der Waals surface area (Å²) in [6.07, 6.45) is 0. The van der Waals surface area contributed by atoms with Crippen LogP contribution in [0.25, 0.3) is 0 Å². The van der Waals surface area contributed by atoms with Crippen LogP contribution in [-0.4, -0.2) is 62.3 Å². The number of nitrogens with zero attached hydrogens (tertiary/aromatic N) is 1. The molecular weight excluding hydrogens is 226 g/mol. The van der Waals surface area contributed by atoms with E-state index >= 15 is 0 Å². The van der Waals surface area contributed by atoms with E-state index in [1.807, 2.05) is 21.1 Å². The van der Waals surface area contributed by atoms with E-state index in [1.54, 1.807) is 0 Å². The smallest absolute Gasteiger partial charge is 0.240 e. The molecule has 0 aliphatic heterocycles. The van der Waals surface area contributed by atoms with Crippen LogP contribution in [0.15, 0.2) is 0 Å². The standard InChI is InChI=1S/C10H21N3O2S/c1-8(14)12-9(7-16)10(15)11-5-6-13(2,3)4/h9H,5-7H2,1-4H3,(H2-,11,12,14,15,16)/t9-/m1/s1. The number of carbonyl (C=O) groups excluding carboxylic acids is 2. The van der Waals surface area contributed by atoms with E-state index in [-0.39, 0.29) is 17.6 Å². The van der Waals surface area contributed by atoms with E-state index in [9.17, 15) is 9.59 Å². The van der Waals surface area contributed by atoms with Gasteiger partial charge in [-0.05, 0) is 0 Å². The molecule has 0 saturated heterocycles. The summed E-state index contributed by atoms with van der Waals surface area (Å²) in [5.74, 6) is -0.259. The van der Waals surface area contributed by atoms with E-state index in [1.165, 1.54) is 6.92 Å². The Hall–Kier alpha value is -0.750. The number of carbonyl (C=O) groups is 2. The fourth-order valence-electron chi connectivity index (χ4n) is 1.07. The largest absolute Gasteiger partial charge is 0.790 e. The number of nitrogens with one attached hydrogen (secondary N) is 2. The maximum Gasteiger partial charge on any atom is 0.240 e. The Labute approximate surface area is 103 Å². The molecule has 16 heavy (non-hydrogen) atoms. The van der Waals surface area contributed by atoms with Gasteiger partial charge in [0, 0.05) is 6.92 Å². The van der Waals surface area contributed by atoms with Crippen LogP contribution in [0.4, 0.5) is 0 Å². The van der Waals surface area contributed by atoms with Crippen molar-refractivity contribution in [2.45, 2.75) is 13.0 Å². The third-order valence-corrected chi connectivity index (χ3v) is 2.28. The lowest BCUT2D eigenvalue weighted by molar-refractivity contribution is -0.869. The molecule has 0 rings (SSSR count). The molecule has 2 amide bonds. The number of amides is 2. The van der Waals surface area contributed by atoms with Crippen LogP contribution >= 0.6 is 0 Å². The first-order valence-corrected chi connectivity index (χ1v) is 5.77. The molecule has 0 fully saturated rings. The van der Waals surface area contributed by atoms with Crippen LogP contribution in [0.3, 0.4) is 0 Å². The second kappa shape index (κ2) is 6.75. The molecule has 0 bridgehead atoms. The molecule has 0 heterocycles. The molecule has 0 aliphatic carbocycles. The number of hydrogen-bond donors (Lipinski definition) is 2. The van der Waals surface area contributed by atoms with E-state index < -0.39 is 6.04 Å². The molecule has 0 aliphatic rings. The molecule has 0 saturated carbocycles. The zero-order chi connectivity index (χ0) is 12.8. The molecule has 6 heteroatoms. The zero-order valence-electron chi connectivity index (χ0n) is 10.4. The normalized spacial score (nSPS) is 13.1. The van der Waals surface area contributed by atoms with Gasteiger partial charge >= 0.3 is 0 Å². The van der Waals surface area contributed by atoms with Crippen LogP contribution in [0, 0.1) is 0 Å². The fourth-order valence-corrected chi connectivity index (χ4v) is 1.30. The van der Waals surface area contributed by atoms with Crippen LogP contribution < -0.4 is 10.6 Å². The maximum absolute atomic E-state index is 11.6. The Morgan fingerprint density at radius 1 is 1.31 bits per heavy atom. The topological polar surface area (TPSA) is 58.2 Å². The van der Waals surface area contributed by atoms with Gasteiger partial charge in [-0.2, -0.15) is 0 Å². The summed E-state index contributed by atoms with van der Waals surface area (Å²) in [5.41, 5.74) is 0. The number of hydrogen-bond acceptors (Lipinski definition) is 3. The summed E-state index contributed by atoms with van der Waals surface area (Å²) in [4.78, 5) is 22.4. The third-order valence-electron chi connectivity index (χ3n) is 1.94. The van der Waals surface area contributed by atoms with Gasteiger partial charge in [-0.1, -0.05) is 0 Å². The minimum atomic E-state index is -0.597. The molecule has 2 N–H and O–H groups in total. The van der Waals surface area contributed by atoms with Crippen molar-refractivity contribution in [2.75, 3.05) is 40.0 Å². The monoisotopic (exact) mass is 247 g/mol. The second-order valence-corrected chi connectivity index (χ2v) is 5.06. The zero-order valence-corrected chi connectivity index (χ0v) is 11.2. The molecule has 0 radical (unpaired) electrons. The highest BCUT2D eigenvalue weighted by molar-refractivity contribution is 7.58. The lowest BCUT2D eigenvalue weighted by atomic mass is 10.3. The van der Waals surface area contributed by atoms with E-state index in [0.717, 1.165) is 11.0 Å². The van der Waals surface area contributed by atoms with Crippen molar-refractivity contribution in [2.24, 2.45) is 0 Å². The Kier molecular flexibility index (Phi) is 6.43. The Bertz CT molecular complexity index is 251. The Balaban J connectivity index is 3.98. The van der Waals surface area contributed by atoms with Crippen molar-refractivity contribution in [3.05, 3.63) is 0 Å². The fraction of sp³-hybridized carbons (Fsp3) is 0.800. The lowest BCUT2D eigenvalue weighted by Crippen LogP contribution is -2.50. The van der Waals surface area contributed by atoms with Crippen LogP contribution in [0.2, 0.25) is 0 Å². The average Bonchev–Trinajstić information content (AvgIpc) is 2.11. The van der Waals surface area contributed by atoms with Crippen molar-refractivity contribution in [1.29, 1.82) is 0 Å². The van der Waals surface area contributed by atoms with Crippen molar-refractivity contribution in [1.82, 2.24) is 10.6 Å². The molecule has 1 atom stereocenters. The first-order valence-electron chi connectivity index (χ1n) is 5.19. The van der Waals surface area contributed by atoms with Gasteiger partial charge in [0.05, 0.1) is 40.3 Å². The third kappa shape index (κ3) is 7.53. The van der Waals surface area contributed by atoms with Gasteiger partial charge in [0.2, 0.25) is 11.8 Å². The Morgan fingerprint density at radius 2 is 1.88 bits per heavy atom. The molecule has 0 aromatic heterocycles. The predicted molar refractivity (Wildman–Crippen MR) is 65.7 cm³/mol. The summed E-state index contributed by atoms with van der Waals surface area (Å²) in [5, 5.41) is 5.28. The molecule has 94 valence electrons. The van der Waals surface area contributed by atoms with E-state index in [0.29, 0.717) is 6.54 Å². The van der Waals surface area contributed by atoms with E-state index in [2.05, 4.69) is 10.6 Å². The molecular formula is C10H21N3O2S.